The molecule has 3 aromatic rings. The van der Waals surface area contributed by atoms with Crippen LogP contribution in [0.5, 0.6) is 11.5 Å². The number of rotatable bonds is 9. The summed E-state index contributed by atoms with van der Waals surface area (Å²) in [5.41, 5.74) is 2.16. The Morgan fingerprint density at radius 3 is 2.68 bits per heavy atom. The molecule has 3 rings (SSSR count). The Kier molecular flexibility index (Phi) is 6.18. The molecule has 0 saturated carbocycles. The van der Waals surface area contributed by atoms with Crippen LogP contribution in [0.2, 0.25) is 5.02 Å². The van der Waals surface area contributed by atoms with Crippen LogP contribution in [0.4, 0.5) is 0 Å². The van der Waals surface area contributed by atoms with E-state index in [1.165, 1.54) is 0 Å². The number of H-pyrrole nitrogens is 1. The number of benzene rings is 2. The molecule has 2 aromatic carbocycles. The molecule has 5 heteroatoms. The van der Waals surface area contributed by atoms with Gasteiger partial charge in [-0.05, 0) is 37.1 Å². The van der Waals surface area contributed by atoms with E-state index in [4.69, 9.17) is 21.1 Å². The summed E-state index contributed by atoms with van der Waals surface area (Å²) in [6.45, 7) is 0.677. The van der Waals surface area contributed by atoms with Gasteiger partial charge in [0, 0.05) is 12.5 Å². The largest absolute Gasteiger partial charge is 0.497 e. The molecule has 0 bridgehead atoms. The van der Waals surface area contributed by atoms with Crippen LogP contribution in [0.25, 0.3) is 11.0 Å². The van der Waals surface area contributed by atoms with E-state index in [0.29, 0.717) is 17.4 Å². The van der Waals surface area contributed by atoms with Crippen molar-refractivity contribution in [1.82, 2.24) is 9.97 Å². The molecule has 0 unspecified atom stereocenters. The van der Waals surface area contributed by atoms with Gasteiger partial charge in [0.05, 0.1) is 29.8 Å². The second kappa shape index (κ2) is 8.77. The quantitative estimate of drug-likeness (QED) is 0.520. The minimum Gasteiger partial charge on any atom is -0.497 e. The highest BCUT2D eigenvalue weighted by molar-refractivity contribution is 6.32. The molecule has 1 heterocycles. The fraction of sp³-hybridized carbons (Fsp3) is 0.350. The van der Waals surface area contributed by atoms with Gasteiger partial charge in [0.2, 0.25) is 0 Å². The van der Waals surface area contributed by atoms with Gasteiger partial charge >= 0.3 is 0 Å². The molecule has 0 fully saturated rings. The van der Waals surface area contributed by atoms with E-state index in [1.54, 1.807) is 13.2 Å². The number of unbranched alkanes of at least 4 members (excludes halogenated alkanes) is 3. The number of fused-ring (bicyclic) bond motifs is 1. The average Bonchev–Trinajstić information content (AvgIpc) is 3.04. The van der Waals surface area contributed by atoms with Crippen molar-refractivity contribution >= 4 is 22.6 Å². The molecule has 0 aliphatic carbocycles. The molecule has 0 aliphatic rings. The van der Waals surface area contributed by atoms with E-state index >= 15 is 0 Å². The summed E-state index contributed by atoms with van der Waals surface area (Å²) in [5.74, 6) is 2.52. The molecule has 25 heavy (non-hydrogen) atoms. The average molecular weight is 359 g/mol. The highest BCUT2D eigenvalue weighted by atomic mass is 35.5. The summed E-state index contributed by atoms with van der Waals surface area (Å²) < 4.78 is 10.9. The molecule has 0 spiro atoms. The zero-order valence-corrected chi connectivity index (χ0v) is 15.2. The van der Waals surface area contributed by atoms with E-state index < -0.39 is 0 Å². The lowest BCUT2D eigenvalue weighted by Crippen LogP contribution is -1.98. The highest BCUT2D eigenvalue weighted by Crippen LogP contribution is 2.28. The summed E-state index contributed by atoms with van der Waals surface area (Å²) in [6.07, 6.45) is 5.43. The molecule has 0 atom stereocenters. The van der Waals surface area contributed by atoms with Crippen LogP contribution in [-0.4, -0.2) is 23.7 Å². The molecule has 0 amide bonds. The van der Waals surface area contributed by atoms with Crippen molar-refractivity contribution in [2.75, 3.05) is 13.7 Å². The van der Waals surface area contributed by atoms with Gasteiger partial charge in [0.1, 0.15) is 17.3 Å². The molecule has 4 nitrogen and oxygen atoms in total. The van der Waals surface area contributed by atoms with Gasteiger partial charge in [-0.2, -0.15) is 0 Å². The summed E-state index contributed by atoms with van der Waals surface area (Å²) >= 11 is 6.16. The first-order chi connectivity index (χ1) is 12.3. The predicted octanol–water partition coefficient (Wildman–Crippen LogP) is 5.41. The zero-order valence-electron chi connectivity index (χ0n) is 14.4. The molecule has 1 N–H and O–H groups in total. The third-order valence-electron chi connectivity index (χ3n) is 4.14. The summed E-state index contributed by atoms with van der Waals surface area (Å²) in [4.78, 5) is 7.98. The minimum atomic E-state index is 0.587. The third-order valence-corrected chi connectivity index (χ3v) is 4.44. The molecule has 0 saturated heterocycles. The van der Waals surface area contributed by atoms with Gasteiger partial charge in [0.15, 0.2) is 0 Å². The fourth-order valence-corrected chi connectivity index (χ4v) is 3.00. The molecular formula is C20H23ClN2O2. The third kappa shape index (κ3) is 4.89. The van der Waals surface area contributed by atoms with Crippen LogP contribution in [0.15, 0.2) is 42.5 Å². The number of aromatic nitrogens is 2. The monoisotopic (exact) mass is 358 g/mol. The van der Waals surface area contributed by atoms with Crippen molar-refractivity contribution < 1.29 is 9.47 Å². The lowest BCUT2D eigenvalue weighted by atomic mass is 10.1. The molecule has 0 radical (unpaired) electrons. The minimum absolute atomic E-state index is 0.587. The number of aromatic amines is 1. The number of ether oxygens (including phenoxy) is 2. The molecule has 1 aromatic heterocycles. The first-order valence-electron chi connectivity index (χ1n) is 8.66. The van der Waals surface area contributed by atoms with Crippen molar-refractivity contribution in [2.24, 2.45) is 0 Å². The maximum absolute atomic E-state index is 6.16. The second-order valence-electron chi connectivity index (χ2n) is 6.01. The van der Waals surface area contributed by atoms with E-state index in [9.17, 15) is 0 Å². The van der Waals surface area contributed by atoms with Crippen molar-refractivity contribution in [3.8, 4) is 11.5 Å². The number of imidazole rings is 1. The normalized spacial score (nSPS) is 11.0. The SMILES string of the molecule is COc1ccc(OCCCCCCc2nc3ccccc3[nH]2)c(Cl)c1. The van der Waals surface area contributed by atoms with E-state index in [0.717, 1.165) is 54.7 Å². The Bertz CT molecular complexity index is 783. The van der Waals surface area contributed by atoms with E-state index in [-0.39, 0.29) is 0 Å². The van der Waals surface area contributed by atoms with Gasteiger partial charge < -0.3 is 14.5 Å². The van der Waals surface area contributed by atoms with E-state index in [1.807, 2.05) is 30.3 Å². The Morgan fingerprint density at radius 2 is 1.88 bits per heavy atom. The first-order valence-corrected chi connectivity index (χ1v) is 9.04. The summed E-state index contributed by atoms with van der Waals surface area (Å²) in [7, 11) is 1.62. The second-order valence-corrected chi connectivity index (χ2v) is 6.42. The number of para-hydroxylation sites is 2. The van der Waals surface area contributed by atoms with Gasteiger partial charge in [-0.3, -0.25) is 0 Å². The lowest BCUT2D eigenvalue weighted by molar-refractivity contribution is 0.304. The van der Waals surface area contributed by atoms with Crippen molar-refractivity contribution in [2.45, 2.75) is 32.1 Å². The lowest BCUT2D eigenvalue weighted by Gasteiger charge is -2.09. The smallest absolute Gasteiger partial charge is 0.138 e. The van der Waals surface area contributed by atoms with Crippen LogP contribution in [-0.2, 0) is 6.42 Å². The van der Waals surface area contributed by atoms with Crippen LogP contribution in [0.3, 0.4) is 0 Å². The van der Waals surface area contributed by atoms with Crippen LogP contribution in [0.1, 0.15) is 31.5 Å². The Morgan fingerprint density at radius 1 is 1.04 bits per heavy atom. The van der Waals surface area contributed by atoms with Gasteiger partial charge in [0.25, 0.3) is 0 Å². The number of hydrogen-bond donors (Lipinski definition) is 1. The van der Waals surface area contributed by atoms with Crippen LogP contribution in [0, 0.1) is 0 Å². The number of nitrogens with zero attached hydrogens (tertiary/aromatic N) is 1. The molecule has 132 valence electrons. The number of aryl methyl sites for hydroxylation is 1. The topological polar surface area (TPSA) is 47.1 Å². The number of methoxy groups -OCH3 is 1. The fourth-order valence-electron chi connectivity index (χ4n) is 2.78. The zero-order chi connectivity index (χ0) is 17.5. The summed E-state index contributed by atoms with van der Waals surface area (Å²) in [5, 5.41) is 0.587. The maximum Gasteiger partial charge on any atom is 0.138 e. The highest BCUT2D eigenvalue weighted by Gasteiger charge is 2.04. The van der Waals surface area contributed by atoms with E-state index in [2.05, 4.69) is 16.0 Å². The Labute approximate surface area is 153 Å². The van der Waals surface area contributed by atoms with Gasteiger partial charge in [-0.1, -0.05) is 36.6 Å². The van der Waals surface area contributed by atoms with Crippen molar-refractivity contribution in [3.05, 3.63) is 53.3 Å². The predicted molar refractivity (Wildman–Crippen MR) is 102 cm³/mol. The van der Waals surface area contributed by atoms with Gasteiger partial charge in [-0.15, -0.1) is 0 Å². The first kappa shape index (κ1) is 17.6. The van der Waals surface area contributed by atoms with Crippen LogP contribution >= 0.6 is 11.6 Å². The standard InChI is InChI=1S/C20H23ClN2O2/c1-24-15-11-12-19(16(21)14-15)25-13-7-3-2-4-10-20-22-17-8-5-6-9-18(17)23-20/h5-6,8-9,11-12,14H,2-4,7,10,13H2,1H3,(H,22,23). The van der Waals surface area contributed by atoms with Crippen molar-refractivity contribution in [1.29, 1.82) is 0 Å². The number of hydrogen-bond acceptors (Lipinski definition) is 3. The Balaban J connectivity index is 1.32. The number of nitrogens with one attached hydrogen (secondary N) is 1. The van der Waals surface area contributed by atoms with Crippen LogP contribution < -0.4 is 9.47 Å². The molecule has 0 aliphatic heterocycles. The number of halogens is 1. The van der Waals surface area contributed by atoms with Crippen molar-refractivity contribution in [3.63, 3.8) is 0 Å². The Hall–Kier alpha value is -2.20. The maximum atomic E-state index is 6.16. The van der Waals surface area contributed by atoms with Gasteiger partial charge in [-0.25, -0.2) is 4.98 Å². The molecular weight excluding hydrogens is 336 g/mol. The summed E-state index contributed by atoms with van der Waals surface area (Å²) in [6, 6.07) is 13.6.